The summed E-state index contributed by atoms with van der Waals surface area (Å²) in [5.74, 6) is 3.34. The van der Waals surface area contributed by atoms with Crippen molar-refractivity contribution in [2.45, 2.75) is 37.4 Å². The van der Waals surface area contributed by atoms with Crippen molar-refractivity contribution in [1.29, 1.82) is 0 Å². The van der Waals surface area contributed by atoms with Gasteiger partial charge in [0.25, 0.3) is 0 Å². The lowest BCUT2D eigenvalue weighted by molar-refractivity contribution is -0.122. The average Bonchev–Trinajstić information content (AvgIpc) is 2.93. The van der Waals surface area contributed by atoms with Gasteiger partial charge in [0.05, 0.1) is 5.60 Å². The summed E-state index contributed by atoms with van der Waals surface area (Å²) in [6, 6.07) is 0. The molecular weight excluding hydrogens is 248 g/mol. The predicted octanol–water partition coefficient (Wildman–Crippen LogP) is 2.14. The molecule has 2 atom stereocenters. The highest BCUT2D eigenvalue weighted by atomic mass is 32.2. The molecule has 0 bridgehead atoms. The minimum absolute atomic E-state index is 0.0295. The number of hydrogen-bond acceptors (Lipinski definition) is 4. The molecule has 0 amide bonds. The highest BCUT2D eigenvalue weighted by molar-refractivity contribution is 7.99. The molecule has 0 saturated carbocycles. The fraction of sp³-hybridized carbons (Fsp3) is 0.769. The highest BCUT2D eigenvalue weighted by Gasteiger charge is 2.41. The molecule has 1 spiro atoms. The fourth-order valence-corrected chi connectivity index (χ4v) is 4.33. The number of aromatic nitrogens is 2. The van der Waals surface area contributed by atoms with Crippen molar-refractivity contribution < 1.29 is 9.84 Å². The van der Waals surface area contributed by atoms with E-state index < -0.39 is 6.10 Å². The van der Waals surface area contributed by atoms with E-state index in [9.17, 15) is 5.11 Å². The molecule has 0 radical (unpaired) electrons. The zero-order valence-electron chi connectivity index (χ0n) is 10.5. The van der Waals surface area contributed by atoms with Crippen LogP contribution in [0, 0.1) is 5.92 Å². The van der Waals surface area contributed by atoms with E-state index in [1.807, 2.05) is 11.8 Å². The minimum Gasteiger partial charge on any atom is -0.385 e. The van der Waals surface area contributed by atoms with Crippen LogP contribution in [-0.2, 0) is 4.74 Å². The smallest absolute Gasteiger partial charge is 0.135 e. The Morgan fingerprint density at radius 3 is 3.06 bits per heavy atom. The number of nitrogens with zero attached hydrogens (tertiary/aromatic N) is 1. The van der Waals surface area contributed by atoms with Gasteiger partial charge in [-0.15, -0.1) is 0 Å². The second-order valence-electron chi connectivity index (χ2n) is 5.32. The topological polar surface area (TPSA) is 58.1 Å². The van der Waals surface area contributed by atoms with Gasteiger partial charge < -0.3 is 14.8 Å². The van der Waals surface area contributed by atoms with Gasteiger partial charge in [-0.25, -0.2) is 4.98 Å². The molecule has 18 heavy (non-hydrogen) atoms. The van der Waals surface area contributed by atoms with Crippen molar-refractivity contribution in [3.8, 4) is 0 Å². The molecule has 100 valence electrons. The summed E-state index contributed by atoms with van der Waals surface area (Å²) in [6.45, 7) is 0.771. The number of aromatic amines is 1. The Morgan fingerprint density at radius 1 is 1.50 bits per heavy atom. The lowest BCUT2D eigenvalue weighted by atomic mass is 9.79. The second-order valence-corrected chi connectivity index (χ2v) is 6.54. The Bertz CT molecular complexity index is 371. The van der Waals surface area contributed by atoms with E-state index >= 15 is 0 Å². The first-order valence-corrected chi connectivity index (χ1v) is 7.84. The zero-order valence-corrected chi connectivity index (χ0v) is 11.3. The molecule has 0 aliphatic carbocycles. The van der Waals surface area contributed by atoms with E-state index in [4.69, 9.17) is 4.74 Å². The molecule has 4 nitrogen and oxygen atoms in total. The normalized spacial score (nSPS) is 29.3. The van der Waals surface area contributed by atoms with Gasteiger partial charge >= 0.3 is 0 Å². The molecule has 2 fully saturated rings. The van der Waals surface area contributed by atoms with Crippen LogP contribution < -0.4 is 0 Å². The van der Waals surface area contributed by atoms with Crippen LogP contribution in [0.15, 0.2) is 12.4 Å². The molecule has 5 heteroatoms. The van der Waals surface area contributed by atoms with Crippen molar-refractivity contribution in [2.24, 2.45) is 5.92 Å². The number of nitrogens with one attached hydrogen (secondary N) is 1. The Kier molecular flexibility index (Phi) is 3.63. The van der Waals surface area contributed by atoms with Crippen LogP contribution >= 0.6 is 11.8 Å². The predicted molar refractivity (Wildman–Crippen MR) is 71.5 cm³/mol. The molecule has 2 unspecified atom stereocenters. The summed E-state index contributed by atoms with van der Waals surface area (Å²) in [5.41, 5.74) is 0.0295. The number of thioether (sulfide) groups is 1. The summed E-state index contributed by atoms with van der Waals surface area (Å²) >= 11 is 2.01. The summed E-state index contributed by atoms with van der Waals surface area (Å²) in [5, 5.41) is 10.4. The number of aliphatic hydroxyl groups is 1. The molecule has 3 heterocycles. The largest absolute Gasteiger partial charge is 0.385 e. The fourth-order valence-electron chi connectivity index (χ4n) is 3.09. The van der Waals surface area contributed by atoms with E-state index in [0.29, 0.717) is 5.82 Å². The SMILES string of the molecule is OC(c1ncc[nH]1)C1CCOC2(CCSCC2)C1. The van der Waals surface area contributed by atoms with Gasteiger partial charge in [0.1, 0.15) is 11.9 Å². The monoisotopic (exact) mass is 268 g/mol. The van der Waals surface area contributed by atoms with Crippen LogP contribution in [-0.4, -0.2) is 38.8 Å². The van der Waals surface area contributed by atoms with Crippen LogP contribution in [0.4, 0.5) is 0 Å². The maximum atomic E-state index is 10.4. The second kappa shape index (κ2) is 5.23. The van der Waals surface area contributed by atoms with E-state index in [2.05, 4.69) is 9.97 Å². The van der Waals surface area contributed by atoms with E-state index in [0.717, 1.165) is 32.3 Å². The molecule has 1 aromatic heterocycles. The molecule has 2 saturated heterocycles. The lowest BCUT2D eigenvalue weighted by Crippen LogP contribution is -2.44. The summed E-state index contributed by atoms with van der Waals surface area (Å²) in [7, 11) is 0. The van der Waals surface area contributed by atoms with E-state index in [-0.39, 0.29) is 11.5 Å². The molecule has 3 rings (SSSR count). The van der Waals surface area contributed by atoms with Crippen molar-refractivity contribution in [1.82, 2.24) is 9.97 Å². The van der Waals surface area contributed by atoms with Crippen LogP contribution in [0.3, 0.4) is 0 Å². The number of H-pyrrole nitrogens is 1. The Hall–Kier alpha value is -0.520. The zero-order chi connectivity index (χ0) is 12.4. The van der Waals surface area contributed by atoms with E-state index in [1.54, 1.807) is 12.4 Å². The molecule has 1 aromatic rings. The van der Waals surface area contributed by atoms with Gasteiger partial charge in [-0.1, -0.05) is 0 Å². The summed E-state index contributed by atoms with van der Waals surface area (Å²) in [6.07, 6.45) is 7.13. The molecule has 0 aromatic carbocycles. The third-order valence-electron chi connectivity index (χ3n) is 4.18. The van der Waals surface area contributed by atoms with Gasteiger partial charge in [-0.2, -0.15) is 11.8 Å². The van der Waals surface area contributed by atoms with Crippen molar-refractivity contribution in [3.05, 3.63) is 18.2 Å². The van der Waals surface area contributed by atoms with Crippen molar-refractivity contribution in [3.63, 3.8) is 0 Å². The van der Waals surface area contributed by atoms with Gasteiger partial charge in [-0.3, -0.25) is 0 Å². The maximum Gasteiger partial charge on any atom is 0.135 e. The average molecular weight is 268 g/mol. The minimum atomic E-state index is -0.477. The first-order valence-electron chi connectivity index (χ1n) is 6.68. The Morgan fingerprint density at radius 2 is 2.33 bits per heavy atom. The van der Waals surface area contributed by atoms with Gasteiger partial charge in [0.2, 0.25) is 0 Å². The number of aliphatic hydroxyl groups excluding tert-OH is 1. The van der Waals surface area contributed by atoms with Crippen molar-refractivity contribution >= 4 is 11.8 Å². The Balaban J connectivity index is 1.70. The standard InChI is InChI=1S/C13H20N2O2S/c16-11(12-14-4-5-15-12)10-1-6-17-13(9-10)2-7-18-8-3-13/h4-5,10-11,16H,1-3,6-9H2,(H,14,15). The van der Waals surface area contributed by atoms with E-state index in [1.165, 1.54) is 11.5 Å². The number of hydrogen-bond donors (Lipinski definition) is 2. The third-order valence-corrected chi connectivity index (χ3v) is 5.17. The van der Waals surface area contributed by atoms with Crippen LogP contribution in [0.2, 0.25) is 0 Å². The number of ether oxygens (including phenoxy) is 1. The summed E-state index contributed by atoms with van der Waals surface area (Å²) in [4.78, 5) is 7.19. The molecule has 2 N–H and O–H groups in total. The van der Waals surface area contributed by atoms with Gasteiger partial charge in [0, 0.05) is 19.0 Å². The van der Waals surface area contributed by atoms with Gasteiger partial charge in [-0.05, 0) is 43.1 Å². The third kappa shape index (κ3) is 2.44. The van der Waals surface area contributed by atoms with Crippen molar-refractivity contribution in [2.75, 3.05) is 18.1 Å². The lowest BCUT2D eigenvalue weighted by Gasteiger charge is -2.44. The van der Waals surface area contributed by atoms with Crippen LogP contribution in [0.25, 0.3) is 0 Å². The molecule has 2 aliphatic heterocycles. The first kappa shape index (κ1) is 12.5. The summed E-state index contributed by atoms with van der Waals surface area (Å²) < 4.78 is 6.05. The highest BCUT2D eigenvalue weighted by Crippen LogP contribution is 2.42. The molecular formula is C13H20N2O2S. The van der Waals surface area contributed by atoms with Gasteiger partial charge in [0.15, 0.2) is 0 Å². The number of rotatable bonds is 2. The molecule has 2 aliphatic rings. The van der Waals surface area contributed by atoms with Crippen LogP contribution in [0.5, 0.6) is 0 Å². The Labute approximate surface area is 112 Å². The number of imidazole rings is 1. The van der Waals surface area contributed by atoms with Crippen LogP contribution in [0.1, 0.15) is 37.6 Å². The maximum absolute atomic E-state index is 10.4. The first-order chi connectivity index (χ1) is 8.79. The quantitative estimate of drug-likeness (QED) is 0.863.